The molecule has 0 aliphatic rings. The van der Waals surface area contributed by atoms with Gasteiger partial charge in [-0.2, -0.15) is 0 Å². The van der Waals surface area contributed by atoms with Crippen LogP contribution in [0.2, 0.25) is 15.1 Å². The van der Waals surface area contributed by atoms with Gasteiger partial charge in [0.25, 0.3) is 11.8 Å². The summed E-state index contributed by atoms with van der Waals surface area (Å²) in [5.74, 6) is -0.859. The van der Waals surface area contributed by atoms with Crippen LogP contribution in [0.1, 0.15) is 132 Å². The lowest BCUT2D eigenvalue weighted by Crippen LogP contribution is -2.16. The first-order valence-corrected chi connectivity index (χ1v) is 30.0. The summed E-state index contributed by atoms with van der Waals surface area (Å²) < 4.78 is 49.6. The van der Waals surface area contributed by atoms with Gasteiger partial charge in [-0.3, -0.25) is 18.6 Å². The molecule has 418 valence electrons. The van der Waals surface area contributed by atoms with E-state index in [1.165, 1.54) is 12.1 Å². The molecule has 2 heterocycles. The predicted octanol–water partition coefficient (Wildman–Crippen LogP) is 13.6. The number of halogens is 4. The van der Waals surface area contributed by atoms with Gasteiger partial charge in [0.2, 0.25) is 0 Å². The summed E-state index contributed by atoms with van der Waals surface area (Å²) in [6.45, 7) is 12.9. The second kappa shape index (κ2) is 29.0. The maximum absolute atomic E-state index is 13.6. The number of rotatable bonds is 27. The number of phosphoric ester groups is 2. The Kier molecular flexibility index (Phi) is 23.8. The number of aromatic nitrogens is 2. The number of nitrogens with zero attached hydrogens (tertiary/aromatic N) is 2. The normalized spacial score (nSPS) is 12.6. The van der Waals surface area contributed by atoms with Crippen LogP contribution in [0.15, 0.2) is 84.9 Å². The van der Waals surface area contributed by atoms with E-state index < -0.39 is 27.5 Å². The summed E-state index contributed by atoms with van der Waals surface area (Å²) in [6, 6.07) is 25.0. The molecule has 0 bridgehead atoms. The minimum absolute atomic E-state index is 0.124. The van der Waals surface area contributed by atoms with E-state index in [4.69, 9.17) is 70.4 Å². The summed E-state index contributed by atoms with van der Waals surface area (Å²) in [6.07, 6.45) is 7.48. The molecule has 6 rings (SSSR count). The van der Waals surface area contributed by atoms with Crippen molar-refractivity contribution in [3.63, 3.8) is 0 Å². The fourth-order valence-electron chi connectivity index (χ4n) is 9.87. The number of amides is 2. The monoisotopic (exact) mass is 1160 g/mol. The summed E-state index contributed by atoms with van der Waals surface area (Å²) in [5, 5.41) is 1.81. The molecule has 2 amide bonds. The Morgan fingerprint density at radius 3 is 1.43 bits per heavy atom. The summed E-state index contributed by atoms with van der Waals surface area (Å²) in [7, 11) is -9.20. The van der Waals surface area contributed by atoms with Gasteiger partial charge in [-0.1, -0.05) is 137 Å². The van der Waals surface area contributed by atoms with Crippen molar-refractivity contribution in [2.75, 3.05) is 13.2 Å². The first-order valence-electron chi connectivity index (χ1n) is 25.8. The van der Waals surface area contributed by atoms with Gasteiger partial charge in [-0.15, -0.1) is 0 Å². The maximum Gasteiger partial charge on any atom is 0.469 e. The van der Waals surface area contributed by atoms with Gasteiger partial charge in [0.05, 0.1) is 24.3 Å². The lowest BCUT2D eigenvalue weighted by molar-refractivity contribution is 0.0991. The van der Waals surface area contributed by atoms with Crippen LogP contribution in [0.4, 0.5) is 4.39 Å². The zero-order valence-electron chi connectivity index (χ0n) is 44.5. The molecule has 77 heavy (non-hydrogen) atoms. The maximum atomic E-state index is 13.6. The smallest absolute Gasteiger partial charge is 0.366 e. The molecule has 0 fully saturated rings. The molecule has 0 saturated carbocycles. The number of aryl methyl sites for hydroxylation is 3. The lowest BCUT2D eigenvalue weighted by atomic mass is 9.92. The Balaban J connectivity index is 0.000000284. The van der Waals surface area contributed by atoms with Gasteiger partial charge in [-0.05, 0) is 134 Å². The molecule has 2 atom stereocenters. The molecule has 0 aliphatic heterocycles. The van der Waals surface area contributed by atoms with Gasteiger partial charge >= 0.3 is 15.6 Å². The third-order valence-electron chi connectivity index (χ3n) is 13.4. The Bertz CT molecular complexity index is 3060. The number of carbonyl (C=O) groups is 2. The third-order valence-corrected chi connectivity index (χ3v) is 15.5. The van der Waals surface area contributed by atoms with Gasteiger partial charge < -0.3 is 40.2 Å². The third kappa shape index (κ3) is 18.5. The van der Waals surface area contributed by atoms with Crippen molar-refractivity contribution in [1.29, 1.82) is 0 Å². The average molecular weight is 1160 g/mol. The Morgan fingerprint density at radius 1 is 0.610 bits per heavy atom. The molecule has 0 saturated heterocycles. The number of hydrogen-bond acceptors (Lipinski definition) is 6. The van der Waals surface area contributed by atoms with Crippen LogP contribution in [-0.4, -0.2) is 53.7 Å². The molecule has 14 nitrogen and oxygen atoms in total. The van der Waals surface area contributed by atoms with Crippen LogP contribution in [0.5, 0.6) is 0 Å². The Labute approximate surface area is 466 Å². The van der Waals surface area contributed by atoms with Crippen molar-refractivity contribution in [3.8, 4) is 22.3 Å². The van der Waals surface area contributed by atoms with Crippen LogP contribution in [0.3, 0.4) is 0 Å². The second-order valence-corrected chi connectivity index (χ2v) is 23.5. The fraction of sp³-hybridized carbons (Fsp3) is 0.404. The van der Waals surface area contributed by atoms with Crippen LogP contribution in [0, 0.1) is 31.5 Å². The van der Waals surface area contributed by atoms with Crippen LogP contribution >= 0.6 is 50.4 Å². The minimum Gasteiger partial charge on any atom is -0.366 e. The predicted molar refractivity (Wildman–Crippen MR) is 305 cm³/mol. The van der Waals surface area contributed by atoms with Gasteiger partial charge in [0.15, 0.2) is 0 Å². The topological polar surface area (TPSA) is 230 Å². The van der Waals surface area contributed by atoms with Crippen molar-refractivity contribution >= 4 is 62.3 Å². The molecule has 2 aromatic heterocycles. The average Bonchev–Trinajstić information content (AvgIpc) is 3.89. The molecule has 0 aliphatic carbocycles. The Hall–Kier alpha value is -4.60. The van der Waals surface area contributed by atoms with Crippen molar-refractivity contribution in [2.24, 2.45) is 23.3 Å². The first-order chi connectivity index (χ1) is 36.3. The standard InChI is InChI=1S/C29H37Cl2N2O5P.C28H35ClFN2O5P/c1-4-6-19(2)17-26-27(22-11-7-20(3)24(31)18-22)28(29(32)34)25(14-10-21-8-12-23(30)13-9-21)33(26)15-5-16-38-39(35,36)37;1-4-6-18(2)15-24-26(21-10-7-19(3)23(29)17-21)27(28(31)33)25(16-20-8-11-22(30)12-9-20)32(24)13-5-14-37-38(34,35)36/h7-9,11-13,18-19H,4-6,10,14-17H2,1-3H3,(H2,32,34)(H2,35,36,37);7-12,17-18H,4-6,13-16H2,1-3H3,(H2,31,33)(H2,34,35,36). The van der Waals surface area contributed by atoms with E-state index in [1.807, 2.05) is 79.1 Å². The molecule has 20 heteroatoms. The Morgan fingerprint density at radius 2 is 1.03 bits per heavy atom. The molecule has 2 unspecified atom stereocenters. The molecule has 6 aromatic rings. The van der Waals surface area contributed by atoms with E-state index in [1.54, 1.807) is 12.1 Å². The summed E-state index contributed by atoms with van der Waals surface area (Å²) in [5.41, 5.74) is 22.9. The van der Waals surface area contributed by atoms with Crippen molar-refractivity contribution in [1.82, 2.24) is 9.13 Å². The fourth-order valence-corrected chi connectivity index (χ4v) is 11.1. The largest absolute Gasteiger partial charge is 0.469 e. The molecule has 0 spiro atoms. The number of benzene rings is 4. The minimum atomic E-state index is -4.61. The highest BCUT2D eigenvalue weighted by molar-refractivity contribution is 7.46. The number of phosphoric acid groups is 2. The van der Waals surface area contributed by atoms with Crippen LogP contribution in [0.25, 0.3) is 22.3 Å². The highest BCUT2D eigenvalue weighted by atomic mass is 35.5. The highest BCUT2D eigenvalue weighted by Crippen LogP contribution is 2.41. The number of primary amides is 2. The SMILES string of the molecule is CCCC(C)Cc1c(-c2ccc(C)c(Cl)c2)c(C(N)=O)c(CCc2ccc(Cl)cc2)n1CCCOP(=O)(O)O.CCCC(C)Cc1c(-c2ccc(C)c(Cl)c2)c(C(N)=O)c(Cc2ccc(F)cc2)n1CCCOP(=O)(O)O. The van der Waals surface area contributed by atoms with Gasteiger partial charge in [0, 0.05) is 68.5 Å². The second-order valence-electron chi connectivity index (χ2n) is 19.7. The summed E-state index contributed by atoms with van der Waals surface area (Å²) in [4.78, 5) is 62.7. The molecular formula is C57H72Cl3FN4O10P2. The summed E-state index contributed by atoms with van der Waals surface area (Å²) >= 11 is 19.1. The van der Waals surface area contributed by atoms with E-state index >= 15 is 0 Å². The quantitative estimate of drug-likeness (QED) is 0.0211. The number of hydrogen-bond donors (Lipinski definition) is 6. The van der Waals surface area contributed by atoms with E-state index in [0.29, 0.717) is 101 Å². The van der Waals surface area contributed by atoms with E-state index in [0.717, 1.165) is 81.7 Å². The number of carbonyl (C=O) groups excluding carboxylic acids is 2. The van der Waals surface area contributed by atoms with E-state index in [2.05, 4.69) is 36.8 Å². The van der Waals surface area contributed by atoms with E-state index in [9.17, 15) is 23.1 Å². The van der Waals surface area contributed by atoms with Crippen molar-refractivity contribution < 1.29 is 51.7 Å². The van der Waals surface area contributed by atoms with Crippen LogP contribution in [-0.2, 0) is 63.4 Å². The number of nitrogens with two attached hydrogens (primary N) is 2. The van der Waals surface area contributed by atoms with Gasteiger partial charge in [-0.25, -0.2) is 13.5 Å². The highest BCUT2D eigenvalue weighted by Gasteiger charge is 2.30. The zero-order valence-corrected chi connectivity index (χ0v) is 48.6. The molecule has 0 radical (unpaired) electrons. The molecule has 8 N–H and O–H groups in total. The lowest BCUT2D eigenvalue weighted by Gasteiger charge is -2.18. The molecular weight excluding hydrogens is 1090 g/mol. The zero-order chi connectivity index (χ0) is 56.8. The molecule has 4 aromatic carbocycles. The van der Waals surface area contributed by atoms with Crippen molar-refractivity contribution in [3.05, 3.63) is 162 Å². The van der Waals surface area contributed by atoms with Crippen molar-refractivity contribution in [2.45, 2.75) is 125 Å². The van der Waals surface area contributed by atoms with Crippen LogP contribution < -0.4 is 11.5 Å². The van der Waals surface area contributed by atoms with E-state index in [-0.39, 0.29) is 25.5 Å². The van der Waals surface area contributed by atoms with Gasteiger partial charge in [0.1, 0.15) is 5.82 Å². The first kappa shape index (κ1) is 63.2.